The number of hydrogen-bond donors (Lipinski definition) is 0. The van der Waals surface area contributed by atoms with Crippen molar-refractivity contribution >= 4 is 97.7 Å². The van der Waals surface area contributed by atoms with Crippen molar-refractivity contribution in [2.75, 3.05) is 0 Å². The minimum atomic E-state index is 0.802. The summed E-state index contributed by atoms with van der Waals surface area (Å²) in [5.41, 5.74) is 30.3. The van der Waals surface area contributed by atoms with E-state index in [4.69, 9.17) is 39.9 Å². The van der Waals surface area contributed by atoms with Gasteiger partial charge in [0.2, 0.25) is 0 Å². The lowest BCUT2D eigenvalue weighted by molar-refractivity contribution is 1.25. The van der Waals surface area contributed by atoms with Crippen molar-refractivity contribution in [1.82, 2.24) is 49.8 Å². The van der Waals surface area contributed by atoms with Crippen LogP contribution in [0, 0.1) is 0 Å². The zero-order valence-corrected chi connectivity index (χ0v) is 64.7. The molecule has 0 bridgehead atoms. The summed E-state index contributed by atoms with van der Waals surface area (Å²) in [6, 6.07) is 128. The monoisotopic (exact) mass is 1530 g/mol. The molecular weight excluding hydrogens is 1460 g/mol. The van der Waals surface area contributed by atoms with E-state index in [9.17, 15) is 0 Å². The van der Waals surface area contributed by atoms with Crippen LogP contribution in [-0.4, -0.2) is 49.8 Å². The average molecular weight is 1530 g/mol. The maximum atomic E-state index is 5.33. The van der Waals surface area contributed by atoms with Crippen molar-refractivity contribution in [2.24, 2.45) is 0 Å². The van der Waals surface area contributed by atoms with Gasteiger partial charge in [-0.05, 0) is 172 Å². The molecule has 0 saturated heterocycles. The molecule has 23 aromatic rings. The molecule has 558 valence electrons. The summed E-state index contributed by atoms with van der Waals surface area (Å²) in [5, 5.41) is 13.4. The molecule has 0 fully saturated rings. The Morgan fingerprint density at radius 1 is 0.158 bits per heavy atom. The fraction of sp³-hybridized carbons (Fsp3) is 0. The number of fused-ring (bicyclic) bond motifs is 11. The first kappa shape index (κ1) is 70.3. The van der Waals surface area contributed by atoms with E-state index < -0.39 is 0 Å². The quantitative estimate of drug-likeness (QED) is 0.0861. The molecule has 10 heteroatoms. The van der Waals surface area contributed by atoms with E-state index in [0.717, 1.165) is 226 Å². The Morgan fingerprint density at radius 2 is 0.517 bits per heavy atom. The van der Waals surface area contributed by atoms with Gasteiger partial charge in [-0.1, -0.05) is 291 Å². The topological polar surface area (TPSA) is 129 Å². The molecule has 0 N–H and O–H groups in total. The Bertz CT molecular complexity index is 7650. The molecule has 0 aliphatic carbocycles. The predicted molar refractivity (Wildman–Crippen MR) is 494 cm³/mol. The minimum absolute atomic E-state index is 0.802. The van der Waals surface area contributed by atoms with Gasteiger partial charge in [0, 0.05) is 115 Å². The summed E-state index contributed by atoms with van der Waals surface area (Å²) in [4.78, 5) is 49.4. The van der Waals surface area contributed by atoms with Crippen LogP contribution in [-0.2, 0) is 0 Å². The summed E-state index contributed by atoms with van der Waals surface area (Å²) in [6.07, 6.45) is 15.0. The molecule has 0 amide bonds. The van der Waals surface area contributed by atoms with Crippen LogP contribution in [0.5, 0.6) is 0 Å². The van der Waals surface area contributed by atoms with Crippen LogP contribution >= 0.6 is 0 Å². The van der Waals surface area contributed by atoms with Gasteiger partial charge in [-0.25, -0.2) is 19.9 Å². The summed E-state index contributed by atoms with van der Waals surface area (Å²) >= 11 is 0. The second-order valence-electron chi connectivity index (χ2n) is 30.1. The van der Waals surface area contributed by atoms with Crippen molar-refractivity contribution in [3.05, 3.63) is 414 Å². The van der Waals surface area contributed by atoms with Gasteiger partial charge in [0.15, 0.2) is 0 Å². The van der Waals surface area contributed by atoms with E-state index in [1.165, 1.54) is 5.56 Å². The fourth-order valence-electron chi connectivity index (χ4n) is 17.4. The van der Waals surface area contributed by atoms with Crippen molar-refractivity contribution < 1.29 is 0 Å². The molecule has 23 rings (SSSR count). The van der Waals surface area contributed by atoms with Crippen LogP contribution in [0.1, 0.15) is 0 Å². The van der Waals surface area contributed by atoms with E-state index >= 15 is 0 Å². The Balaban J connectivity index is 0.000000144. The predicted octanol–water partition coefficient (Wildman–Crippen LogP) is 27.7. The summed E-state index contributed by atoms with van der Waals surface area (Å²) in [6.45, 7) is 0. The summed E-state index contributed by atoms with van der Waals surface area (Å²) in [5.74, 6) is 0. The molecule has 13 aromatic carbocycles. The lowest BCUT2D eigenvalue weighted by Gasteiger charge is -2.21. The molecule has 10 nitrogen and oxygen atoms in total. The smallest absolute Gasteiger partial charge is 0.0978 e. The third kappa shape index (κ3) is 12.8. The van der Waals surface area contributed by atoms with Crippen molar-refractivity contribution in [3.63, 3.8) is 0 Å². The molecule has 10 heterocycles. The number of nitrogens with zero attached hydrogens (tertiary/aromatic N) is 10. The van der Waals surface area contributed by atoms with Gasteiger partial charge in [0.05, 0.1) is 67.3 Å². The second kappa shape index (κ2) is 30.1. The molecule has 0 aliphatic rings. The first-order valence-corrected chi connectivity index (χ1v) is 40.2. The van der Waals surface area contributed by atoms with E-state index in [-0.39, 0.29) is 0 Å². The lowest BCUT2D eigenvalue weighted by Crippen LogP contribution is -1.97. The van der Waals surface area contributed by atoms with Crippen LogP contribution in [0.4, 0.5) is 0 Å². The van der Waals surface area contributed by atoms with Gasteiger partial charge in [-0.3, -0.25) is 29.9 Å². The molecule has 120 heavy (non-hydrogen) atoms. The maximum Gasteiger partial charge on any atom is 0.0978 e. The summed E-state index contributed by atoms with van der Waals surface area (Å²) in [7, 11) is 0. The normalized spacial score (nSPS) is 11.5. The third-order valence-electron chi connectivity index (χ3n) is 23.1. The number of hydrogen-bond acceptors (Lipinski definition) is 10. The number of pyridine rings is 10. The molecular formula is C110H68N10. The standard InChI is InChI=1S/C57H35N5.C53H33N5/c1-2-12-36(13-3-1)41-27-29-50(60-35-41)52-33-42(32-51(61-52)38-24-22-37(23-25-38)40-15-10-30-58-34-40)53-43-16-4-6-18-45(43)54(46-19-7-5-17-44(46)53)55-47-20-8-9-21-49(47)62-57-48(55)28-26-39-14-11-31-59-56(39)57;1-2-10-34(11-3-1)39-23-27-48(56-33-39)50-31-40(30-49(57-50)36-20-18-35(19-21-36)38-13-8-28-54-32-38)41-25-26-44(43-15-5-4-14-42(41)43)51-45-16-6-7-17-47(45)58-53-46(51)24-22-37-12-9-29-55-52(37)53/h1-35H;1-33H. The van der Waals surface area contributed by atoms with E-state index in [2.05, 4.69) is 338 Å². The highest BCUT2D eigenvalue weighted by Crippen LogP contribution is 2.50. The highest BCUT2D eigenvalue weighted by atomic mass is 14.8. The molecule has 0 aliphatic heterocycles. The van der Waals surface area contributed by atoms with Gasteiger partial charge in [-0.15, -0.1) is 0 Å². The molecule has 0 atom stereocenters. The molecule has 10 aromatic heterocycles. The summed E-state index contributed by atoms with van der Waals surface area (Å²) < 4.78 is 0. The Labute approximate surface area is 691 Å². The Morgan fingerprint density at radius 3 is 1.00 bits per heavy atom. The largest absolute Gasteiger partial charge is 0.264 e. The number of benzene rings is 13. The molecule has 0 saturated carbocycles. The molecule has 0 spiro atoms. The molecule has 0 radical (unpaired) electrons. The van der Waals surface area contributed by atoms with Gasteiger partial charge >= 0.3 is 0 Å². The first-order valence-electron chi connectivity index (χ1n) is 40.2. The zero-order chi connectivity index (χ0) is 79.4. The van der Waals surface area contributed by atoms with Crippen molar-refractivity contribution in [3.8, 4) is 134 Å². The van der Waals surface area contributed by atoms with Crippen LogP contribution in [0.15, 0.2) is 414 Å². The first-order chi connectivity index (χ1) is 59.5. The van der Waals surface area contributed by atoms with E-state index in [1.54, 1.807) is 12.4 Å². The second-order valence-corrected chi connectivity index (χ2v) is 30.1. The number of para-hydroxylation sites is 2. The van der Waals surface area contributed by atoms with E-state index in [0.29, 0.717) is 0 Å². The van der Waals surface area contributed by atoms with Crippen LogP contribution in [0.2, 0.25) is 0 Å². The van der Waals surface area contributed by atoms with Gasteiger partial charge in [-0.2, -0.15) is 0 Å². The Kier molecular flexibility index (Phi) is 17.7. The SMILES string of the molecule is c1ccc(-c2ccc(-c3cc(-c4c5ccccc5c(-c5c6ccccc6nc6c5ccc5cccnc56)c5ccccc45)cc(-c4ccc(-c5cccnc5)cc4)n3)nc2)cc1.c1ccc(-c2ccc(-c3cc(-c4ccc(-c5c6ccccc6nc6c5ccc5cccnc56)c5ccccc45)cc(-c4ccc(-c5cccnc5)cc4)n3)nc2)cc1. The number of rotatable bonds is 12. The molecule has 0 unspecified atom stereocenters. The highest BCUT2D eigenvalue weighted by molar-refractivity contribution is 6.28. The van der Waals surface area contributed by atoms with Crippen molar-refractivity contribution in [2.45, 2.75) is 0 Å². The maximum absolute atomic E-state index is 5.33. The van der Waals surface area contributed by atoms with Crippen LogP contribution in [0.25, 0.3) is 232 Å². The fourth-order valence-corrected chi connectivity index (χ4v) is 17.4. The van der Waals surface area contributed by atoms with Crippen LogP contribution < -0.4 is 0 Å². The van der Waals surface area contributed by atoms with E-state index in [1.807, 2.05) is 73.6 Å². The van der Waals surface area contributed by atoms with Crippen molar-refractivity contribution in [1.29, 1.82) is 0 Å². The van der Waals surface area contributed by atoms with Gasteiger partial charge < -0.3 is 0 Å². The Hall–Kier alpha value is -16.3. The van der Waals surface area contributed by atoms with Crippen LogP contribution in [0.3, 0.4) is 0 Å². The van der Waals surface area contributed by atoms with Gasteiger partial charge in [0.1, 0.15) is 0 Å². The number of aromatic nitrogens is 10. The van der Waals surface area contributed by atoms with Gasteiger partial charge in [0.25, 0.3) is 0 Å². The minimum Gasteiger partial charge on any atom is -0.264 e. The zero-order valence-electron chi connectivity index (χ0n) is 64.7. The average Bonchev–Trinajstić information content (AvgIpc) is 0.717. The highest BCUT2D eigenvalue weighted by Gasteiger charge is 2.25. The third-order valence-corrected chi connectivity index (χ3v) is 23.1. The lowest BCUT2D eigenvalue weighted by atomic mass is 9.83.